The highest BCUT2D eigenvalue weighted by molar-refractivity contribution is 5.97. The number of nitrogens with two attached hydrogens (primary N) is 1. The lowest BCUT2D eigenvalue weighted by Crippen LogP contribution is -2.38. The molecular weight excluding hydrogens is 338 g/mol. The quantitative estimate of drug-likeness (QED) is 0.573. The van der Waals surface area contributed by atoms with Crippen molar-refractivity contribution < 1.29 is 19.4 Å². The second-order valence-corrected chi connectivity index (χ2v) is 6.94. The number of primary amides is 1. The number of carbonyl (C=O) groups is 1. The molecule has 2 aliphatic rings. The molecule has 26 heavy (non-hydrogen) atoms. The predicted molar refractivity (Wildman–Crippen MR) is 96.1 cm³/mol. The first-order valence-electron chi connectivity index (χ1n) is 9.03. The fraction of sp³-hybridized carbons (Fsp3) is 0.706. The average Bonchev–Trinajstić information content (AvgIpc) is 2.62. The maximum Gasteiger partial charge on any atom is 0.254 e. The minimum Gasteiger partial charge on any atom is -0.391 e. The highest BCUT2D eigenvalue weighted by Crippen LogP contribution is 2.24. The summed E-state index contributed by atoms with van der Waals surface area (Å²) in [5.41, 5.74) is 5.66. The molecule has 9 nitrogen and oxygen atoms in total. The molecule has 1 aromatic heterocycles. The van der Waals surface area contributed by atoms with Gasteiger partial charge in [-0.15, -0.1) is 0 Å². The molecule has 0 spiro atoms. The van der Waals surface area contributed by atoms with E-state index >= 15 is 0 Å². The van der Waals surface area contributed by atoms with Crippen LogP contribution in [0.3, 0.4) is 0 Å². The van der Waals surface area contributed by atoms with E-state index in [0.29, 0.717) is 37.5 Å². The van der Waals surface area contributed by atoms with Crippen LogP contribution in [0.25, 0.3) is 0 Å². The number of amides is 1. The number of rotatable bonds is 6. The van der Waals surface area contributed by atoms with E-state index in [1.165, 1.54) is 6.20 Å². The van der Waals surface area contributed by atoms with Gasteiger partial charge in [-0.05, 0) is 32.1 Å². The normalized spacial score (nSPS) is 29.2. The molecule has 0 aromatic carbocycles. The Morgan fingerprint density at radius 3 is 2.69 bits per heavy atom. The fourth-order valence-electron chi connectivity index (χ4n) is 3.47. The summed E-state index contributed by atoms with van der Waals surface area (Å²) in [6.45, 7) is 0.755. The van der Waals surface area contributed by atoms with Crippen molar-refractivity contribution in [2.75, 3.05) is 31.0 Å². The first-order chi connectivity index (χ1) is 12.5. The summed E-state index contributed by atoms with van der Waals surface area (Å²) in [7, 11) is 1.74. The van der Waals surface area contributed by atoms with Crippen molar-refractivity contribution in [3.63, 3.8) is 0 Å². The summed E-state index contributed by atoms with van der Waals surface area (Å²) >= 11 is 0. The molecule has 0 radical (unpaired) electrons. The average molecular weight is 365 g/mol. The maximum absolute atomic E-state index is 11.7. The van der Waals surface area contributed by atoms with Crippen LogP contribution in [0.15, 0.2) is 6.20 Å². The van der Waals surface area contributed by atoms with Gasteiger partial charge >= 0.3 is 0 Å². The van der Waals surface area contributed by atoms with Crippen LogP contribution in [0.5, 0.6) is 0 Å². The van der Waals surface area contributed by atoms with E-state index in [2.05, 4.69) is 20.6 Å². The van der Waals surface area contributed by atoms with Crippen molar-refractivity contribution in [2.45, 2.75) is 56.4 Å². The third kappa shape index (κ3) is 4.80. The monoisotopic (exact) mass is 365 g/mol. The van der Waals surface area contributed by atoms with E-state index in [9.17, 15) is 9.90 Å². The first kappa shape index (κ1) is 18.8. The molecular formula is C17H27N5O4. The molecule has 1 aliphatic carbocycles. The molecule has 1 aromatic rings. The molecule has 0 bridgehead atoms. The van der Waals surface area contributed by atoms with Gasteiger partial charge in [0.25, 0.3) is 5.91 Å². The number of carbonyl (C=O) groups excluding carboxylic acids is 1. The number of methoxy groups -OCH3 is 1. The minimum atomic E-state index is -0.600. The lowest BCUT2D eigenvalue weighted by molar-refractivity contribution is -0.0117. The van der Waals surface area contributed by atoms with Crippen LogP contribution >= 0.6 is 0 Å². The van der Waals surface area contributed by atoms with Gasteiger partial charge in [-0.1, -0.05) is 0 Å². The molecule has 1 aliphatic heterocycles. The van der Waals surface area contributed by atoms with Gasteiger partial charge in [0.1, 0.15) is 5.82 Å². The molecule has 1 saturated carbocycles. The molecule has 2 atom stereocenters. The Hall–Kier alpha value is -1.97. The topological polar surface area (TPSA) is 132 Å². The highest BCUT2D eigenvalue weighted by Gasteiger charge is 2.24. The number of anilines is 2. The summed E-state index contributed by atoms with van der Waals surface area (Å²) in [6.07, 6.45) is 5.68. The Labute approximate surface area is 152 Å². The van der Waals surface area contributed by atoms with Gasteiger partial charge in [-0.2, -0.15) is 4.98 Å². The molecule has 3 rings (SSSR count). The number of aliphatic hydroxyl groups excluding tert-OH is 1. The number of ether oxygens (including phenoxy) is 2. The van der Waals surface area contributed by atoms with Crippen LogP contribution in [0.4, 0.5) is 11.8 Å². The van der Waals surface area contributed by atoms with Crippen molar-refractivity contribution in [3.8, 4) is 0 Å². The summed E-state index contributed by atoms with van der Waals surface area (Å²) in [5, 5.41) is 16.2. The molecule has 1 saturated heterocycles. The van der Waals surface area contributed by atoms with Gasteiger partial charge in [0, 0.05) is 19.3 Å². The third-order valence-electron chi connectivity index (χ3n) is 4.92. The van der Waals surface area contributed by atoms with Crippen molar-refractivity contribution in [2.24, 2.45) is 5.73 Å². The number of hydrogen-bond acceptors (Lipinski definition) is 8. The molecule has 2 heterocycles. The number of nitrogens with zero attached hydrogens (tertiary/aromatic N) is 2. The molecule has 1 amide bonds. The highest BCUT2D eigenvalue weighted by atomic mass is 16.5. The van der Waals surface area contributed by atoms with Gasteiger partial charge in [0.2, 0.25) is 5.95 Å². The first-order valence-corrected chi connectivity index (χ1v) is 9.03. The lowest BCUT2D eigenvalue weighted by atomic mass is 9.93. The van der Waals surface area contributed by atoms with Crippen LogP contribution in [0, 0.1) is 0 Å². The van der Waals surface area contributed by atoms with Crippen LogP contribution in [0.2, 0.25) is 0 Å². The molecule has 144 valence electrons. The van der Waals surface area contributed by atoms with Gasteiger partial charge in [0.05, 0.1) is 37.0 Å². The summed E-state index contributed by atoms with van der Waals surface area (Å²) < 4.78 is 10.7. The van der Waals surface area contributed by atoms with Crippen LogP contribution < -0.4 is 16.4 Å². The minimum absolute atomic E-state index is 0.142. The van der Waals surface area contributed by atoms with E-state index in [4.69, 9.17) is 15.2 Å². The van der Waals surface area contributed by atoms with Crippen molar-refractivity contribution in [1.82, 2.24) is 9.97 Å². The molecule has 9 heteroatoms. The Morgan fingerprint density at radius 1 is 1.27 bits per heavy atom. The Kier molecular flexibility index (Phi) is 6.23. The summed E-state index contributed by atoms with van der Waals surface area (Å²) in [6, 6.07) is 0.130. The van der Waals surface area contributed by atoms with E-state index in [0.717, 1.165) is 25.7 Å². The fourth-order valence-corrected chi connectivity index (χ4v) is 3.47. The van der Waals surface area contributed by atoms with Crippen LogP contribution in [0.1, 0.15) is 42.5 Å². The van der Waals surface area contributed by atoms with E-state index in [1.54, 1.807) is 7.11 Å². The SMILES string of the molecule is COC1CCC(Nc2ncc(C(N)=O)c(NC3COCC(O)C3)n2)CC1. The Bertz CT molecular complexity index is 621. The van der Waals surface area contributed by atoms with Gasteiger partial charge in [-0.25, -0.2) is 4.98 Å². The van der Waals surface area contributed by atoms with Gasteiger partial charge in [-0.3, -0.25) is 4.79 Å². The second kappa shape index (κ2) is 8.61. The van der Waals surface area contributed by atoms with Crippen LogP contribution in [-0.4, -0.2) is 65.6 Å². The van der Waals surface area contributed by atoms with Crippen molar-refractivity contribution in [3.05, 3.63) is 11.8 Å². The number of aliphatic hydroxyl groups is 1. The van der Waals surface area contributed by atoms with Gasteiger partial charge < -0.3 is 30.9 Å². The molecule has 2 fully saturated rings. The van der Waals surface area contributed by atoms with Crippen molar-refractivity contribution >= 4 is 17.7 Å². The molecule has 2 unspecified atom stereocenters. The number of nitrogens with one attached hydrogen (secondary N) is 2. The standard InChI is InChI=1S/C17H27N5O4/c1-25-13-4-2-10(3-5-13)21-17-19-7-14(15(18)24)16(22-17)20-11-6-12(23)9-26-8-11/h7,10-13,23H,2-6,8-9H2,1H3,(H2,18,24)(H2,19,20,21,22). The van der Waals surface area contributed by atoms with E-state index < -0.39 is 12.0 Å². The zero-order valence-electron chi connectivity index (χ0n) is 15.0. The summed E-state index contributed by atoms with van der Waals surface area (Å²) in [5.74, 6) is 0.218. The lowest BCUT2D eigenvalue weighted by Gasteiger charge is -2.29. The second-order valence-electron chi connectivity index (χ2n) is 6.94. The molecule has 5 N–H and O–H groups in total. The number of aromatic nitrogens is 2. The maximum atomic E-state index is 11.7. The van der Waals surface area contributed by atoms with Gasteiger partial charge in [0.15, 0.2) is 0 Å². The van der Waals surface area contributed by atoms with Crippen LogP contribution in [-0.2, 0) is 9.47 Å². The largest absolute Gasteiger partial charge is 0.391 e. The van der Waals surface area contributed by atoms with E-state index in [-0.39, 0.29) is 17.6 Å². The predicted octanol–water partition coefficient (Wildman–Crippen LogP) is 0.507. The Balaban J connectivity index is 1.68. The smallest absolute Gasteiger partial charge is 0.254 e. The van der Waals surface area contributed by atoms with Crippen molar-refractivity contribution in [1.29, 1.82) is 0 Å². The summed E-state index contributed by atoms with van der Waals surface area (Å²) in [4.78, 5) is 20.4. The third-order valence-corrected chi connectivity index (χ3v) is 4.92. The number of hydrogen-bond donors (Lipinski definition) is 4. The Morgan fingerprint density at radius 2 is 2.04 bits per heavy atom. The zero-order chi connectivity index (χ0) is 18.5. The zero-order valence-corrected chi connectivity index (χ0v) is 15.0. The van der Waals surface area contributed by atoms with E-state index in [1.807, 2.05) is 0 Å².